The molecule has 2 heteroatoms. The standard InChI is InChI=1S/C9H11NO/c1-2-4-8(5-3-1)9-6-10-7-11-9/h2,4,6-8H,1,3,5H2. The fourth-order valence-corrected chi connectivity index (χ4v) is 1.46. The van der Waals surface area contributed by atoms with Gasteiger partial charge in [0.25, 0.3) is 0 Å². The fourth-order valence-electron chi connectivity index (χ4n) is 1.46. The highest BCUT2D eigenvalue weighted by molar-refractivity contribution is 5.11. The van der Waals surface area contributed by atoms with Gasteiger partial charge in [-0.15, -0.1) is 0 Å². The molecule has 2 rings (SSSR count). The number of aromatic nitrogens is 1. The van der Waals surface area contributed by atoms with Gasteiger partial charge >= 0.3 is 0 Å². The Bertz CT molecular complexity index is 238. The lowest BCUT2D eigenvalue weighted by molar-refractivity contribution is 0.465. The van der Waals surface area contributed by atoms with E-state index in [1.165, 1.54) is 25.7 Å². The minimum absolute atomic E-state index is 0.478. The SMILES string of the molecule is C1=CC(c2cnco2)CCC1. The second kappa shape index (κ2) is 2.91. The van der Waals surface area contributed by atoms with Gasteiger partial charge in [0.15, 0.2) is 6.39 Å². The second-order valence-corrected chi connectivity index (χ2v) is 2.87. The molecular weight excluding hydrogens is 138 g/mol. The van der Waals surface area contributed by atoms with Crippen molar-refractivity contribution in [3.8, 4) is 0 Å². The van der Waals surface area contributed by atoms with Crippen LogP contribution in [0.5, 0.6) is 0 Å². The van der Waals surface area contributed by atoms with Gasteiger partial charge in [0.05, 0.1) is 6.20 Å². The molecule has 0 radical (unpaired) electrons. The number of nitrogens with zero attached hydrogens (tertiary/aromatic N) is 1. The largest absolute Gasteiger partial charge is 0.448 e. The zero-order valence-electron chi connectivity index (χ0n) is 6.36. The van der Waals surface area contributed by atoms with Gasteiger partial charge in [0.2, 0.25) is 0 Å². The van der Waals surface area contributed by atoms with Crippen molar-refractivity contribution >= 4 is 0 Å². The van der Waals surface area contributed by atoms with Crippen LogP contribution in [0, 0.1) is 0 Å². The van der Waals surface area contributed by atoms with Crippen molar-refractivity contribution in [3.63, 3.8) is 0 Å². The van der Waals surface area contributed by atoms with E-state index in [0.29, 0.717) is 5.92 Å². The molecular formula is C9H11NO. The molecule has 0 fully saturated rings. The summed E-state index contributed by atoms with van der Waals surface area (Å²) in [6.07, 6.45) is 11.4. The third kappa shape index (κ3) is 1.34. The molecule has 1 aromatic heterocycles. The van der Waals surface area contributed by atoms with Crippen LogP contribution in [-0.4, -0.2) is 4.98 Å². The molecule has 1 atom stereocenters. The van der Waals surface area contributed by atoms with Crippen LogP contribution in [0.25, 0.3) is 0 Å². The molecule has 2 nitrogen and oxygen atoms in total. The predicted octanol–water partition coefficient (Wildman–Crippen LogP) is 2.50. The maximum Gasteiger partial charge on any atom is 0.180 e. The molecule has 11 heavy (non-hydrogen) atoms. The predicted molar refractivity (Wildman–Crippen MR) is 42.2 cm³/mol. The van der Waals surface area contributed by atoms with Crippen molar-refractivity contribution in [3.05, 3.63) is 30.5 Å². The molecule has 0 aromatic carbocycles. The van der Waals surface area contributed by atoms with E-state index in [0.717, 1.165) is 5.76 Å². The summed E-state index contributed by atoms with van der Waals surface area (Å²) in [6, 6.07) is 0. The summed E-state index contributed by atoms with van der Waals surface area (Å²) in [5.41, 5.74) is 0. The van der Waals surface area contributed by atoms with E-state index in [9.17, 15) is 0 Å². The van der Waals surface area contributed by atoms with E-state index in [-0.39, 0.29) is 0 Å². The molecule has 1 heterocycles. The van der Waals surface area contributed by atoms with Crippen LogP contribution in [-0.2, 0) is 0 Å². The molecule has 1 aromatic rings. The van der Waals surface area contributed by atoms with E-state index >= 15 is 0 Å². The van der Waals surface area contributed by atoms with E-state index in [1.807, 2.05) is 0 Å². The Morgan fingerprint density at radius 2 is 2.55 bits per heavy atom. The molecule has 0 spiro atoms. The highest BCUT2D eigenvalue weighted by Crippen LogP contribution is 2.26. The summed E-state index contributed by atoms with van der Waals surface area (Å²) in [4.78, 5) is 3.90. The van der Waals surface area contributed by atoms with E-state index < -0.39 is 0 Å². The van der Waals surface area contributed by atoms with Crippen molar-refractivity contribution in [2.45, 2.75) is 25.2 Å². The van der Waals surface area contributed by atoms with Gasteiger partial charge in [-0.25, -0.2) is 4.98 Å². The molecule has 0 bridgehead atoms. The molecule has 1 aliphatic rings. The smallest absolute Gasteiger partial charge is 0.180 e. The van der Waals surface area contributed by atoms with Crippen LogP contribution < -0.4 is 0 Å². The average Bonchev–Trinajstić information content (AvgIpc) is 2.58. The van der Waals surface area contributed by atoms with Gasteiger partial charge in [0.1, 0.15) is 5.76 Å². The van der Waals surface area contributed by atoms with Crippen molar-refractivity contribution in [2.75, 3.05) is 0 Å². The third-order valence-corrected chi connectivity index (χ3v) is 2.07. The number of hydrogen-bond donors (Lipinski definition) is 0. The third-order valence-electron chi connectivity index (χ3n) is 2.07. The van der Waals surface area contributed by atoms with Gasteiger partial charge in [-0.2, -0.15) is 0 Å². The summed E-state index contributed by atoms with van der Waals surface area (Å²) < 4.78 is 5.21. The summed E-state index contributed by atoms with van der Waals surface area (Å²) >= 11 is 0. The first-order chi connectivity index (χ1) is 5.47. The molecule has 58 valence electrons. The number of allylic oxidation sites excluding steroid dienone is 2. The Morgan fingerprint density at radius 1 is 1.55 bits per heavy atom. The van der Waals surface area contributed by atoms with E-state index in [4.69, 9.17) is 4.42 Å². The molecule has 0 saturated heterocycles. The highest BCUT2D eigenvalue weighted by atomic mass is 16.3. The quantitative estimate of drug-likeness (QED) is 0.573. The topological polar surface area (TPSA) is 26.0 Å². The van der Waals surface area contributed by atoms with Gasteiger partial charge in [-0.1, -0.05) is 12.2 Å². The van der Waals surface area contributed by atoms with Crippen LogP contribution in [0.1, 0.15) is 30.9 Å². The first-order valence-electron chi connectivity index (χ1n) is 4.02. The maximum atomic E-state index is 5.21. The van der Waals surface area contributed by atoms with Crippen LogP contribution >= 0.6 is 0 Å². The Kier molecular flexibility index (Phi) is 1.76. The van der Waals surface area contributed by atoms with E-state index in [1.54, 1.807) is 6.20 Å². The van der Waals surface area contributed by atoms with Gasteiger partial charge < -0.3 is 4.42 Å². The van der Waals surface area contributed by atoms with Crippen molar-refractivity contribution in [1.29, 1.82) is 0 Å². The molecule has 1 aliphatic carbocycles. The summed E-state index contributed by atoms with van der Waals surface area (Å²) in [5.74, 6) is 1.48. The average molecular weight is 149 g/mol. The lowest BCUT2D eigenvalue weighted by Crippen LogP contribution is -1.97. The zero-order chi connectivity index (χ0) is 7.52. The Labute approximate surface area is 65.9 Å². The Balaban J connectivity index is 2.16. The molecule has 0 aliphatic heterocycles. The van der Waals surface area contributed by atoms with Crippen LogP contribution in [0.15, 0.2) is 29.2 Å². The Hall–Kier alpha value is -1.05. The zero-order valence-corrected chi connectivity index (χ0v) is 6.36. The second-order valence-electron chi connectivity index (χ2n) is 2.87. The lowest BCUT2D eigenvalue weighted by Gasteiger charge is -2.12. The summed E-state index contributed by atoms with van der Waals surface area (Å²) in [7, 11) is 0. The van der Waals surface area contributed by atoms with Crippen molar-refractivity contribution in [1.82, 2.24) is 4.98 Å². The van der Waals surface area contributed by atoms with Gasteiger partial charge in [-0.3, -0.25) is 0 Å². The minimum atomic E-state index is 0.478. The normalized spacial score (nSPS) is 23.8. The summed E-state index contributed by atoms with van der Waals surface area (Å²) in [5, 5.41) is 0. The van der Waals surface area contributed by atoms with Crippen LogP contribution in [0.3, 0.4) is 0 Å². The fraction of sp³-hybridized carbons (Fsp3) is 0.444. The first-order valence-corrected chi connectivity index (χ1v) is 4.02. The Morgan fingerprint density at radius 3 is 3.18 bits per heavy atom. The van der Waals surface area contributed by atoms with Gasteiger partial charge in [-0.05, 0) is 19.3 Å². The molecule has 0 N–H and O–H groups in total. The summed E-state index contributed by atoms with van der Waals surface area (Å²) in [6.45, 7) is 0. The maximum absolute atomic E-state index is 5.21. The number of hydrogen-bond acceptors (Lipinski definition) is 2. The van der Waals surface area contributed by atoms with Gasteiger partial charge in [0, 0.05) is 5.92 Å². The van der Waals surface area contributed by atoms with E-state index in [2.05, 4.69) is 17.1 Å². The number of oxazole rings is 1. The van der Waals surface area contributed by atoms with Crippen LogP contribution in [0.2, 0.25) is 0 Å². The first kappa shape index (κ1) is 6.65. The molecule has 0 saturated carbocycles. The van der Waals surface area contributed by atoms with Crippen molar-refractivity contribution < 1.29 is 4.42 Å². The minimum Gasteiger partial charge on any atom is -0.448 e. The van der Waals surface area contributed by atoms with Crippen LogP contribution in [0.4, 0.5) is 0 Å². The number of rotatable bonds is 1. The molecule has 0 amide bonds. The lowest BCUT2D eigenvalue weighted by atomic mass is 9.94. The molecule has 1 unspecified atom stereocenters. The van der Waals surface area contributed by atoms with Crippen molar-refractivity contribution in [2.24, 2.45) is 0 Å². The highest BCUT2D eigenvalue weighted by Gasteiger charge is 2.12. The monoisotopic (exact) mass is 149 g/mol.